The van der Waals surface area contributed by atoms with Gasteiger partial charge in [-0.2, -0.15) is 0 Å². The van der Waals surface area contributed by atoms with Crippen molar-refractivity contribution in [1.29, 1.82) is 0 Å². The number of carbonyl (C=O) groups excluding carboxylic acids is 2. The quantitative estimate of drug-likeness (QED) is 0.768. The van der Waals surface area contributed by atoms with E-state index in [0.717, 1.165) is 64.7 Å². The Morgan fingerprint density at radius 2 is 1.96 bits per heavy atom. The van der Waals surface area contributed by atoms with Gasteiger partial charge in [0.2, 0.25) is 11.8 Å². The van der Waals surface area contributed by atoms with Gasteiger partial charge in [0, 0.05) is 24.9 Å². The molecule has 26 heavy (non-hydrogen) atoms. The molecule has 1 aliphatic heterocycles. The molecule has 2 heterocycles. The molecule has 1 unspecified atom stereocenters. The third-order valence-corrected chi connectivity index (χ3v) is 6.61. The molecule has 1 aromatic rings. The zero-order valence-corrected chi connectivity index (χ0v) is 16.5. The lowest BCUT2D eigenvalue weighted by Crippen LogP contribution is -2.51. The van der Waals surface area contributed by atoms with E-state index in [4.69, 9.17) is 0 Å². The van der Waals surface area contributed by atoms with E-state index in [9.17, 15) is 9.59 Å². The highest BCUT2D eigenvalue weighted by Gasteiger charge is 2.31. The lowest BCUT2D eigenvalue weighted by Gasteiger charge is -2.32. The second-order valence-electron chi connectivity index (χ2n) is 7.77. The Labute approximate surface area is 160 Å². The van der Waals surface area contributed by atoms with Crippen LogP contribution in [0.25, 0.3) is 0 Å². The lowest BCUT2D eigenvalue weighted by atomic mass is 9.95. The number of nitrogens with zero attached hydrogens (tertiary/aromatic N) is 1. The van der Waals surface area contributed by atoms with Gasteiger partial charge in [0.25, 0.3) is 0 Å². The number of amides is 2. The summed E-state index contributed by atoms with van der Waals surface area (Å²) in [6, 6.07) is 3.95. The van der Waals surface area contributed by atoms with Crippen LogP contribution >= 0.6 is 11.3 Å². The minimum atomic E-state index is -0.353. The van der Waals surface area contributed by atoms with Crippen LogP contribution in [0.5, 0.6) is 0 Å². The summed E-state index contributed by atoms with van der Waals surface area (Å²) in [5, 5.41) is 8.14. The van der Waals surface area contributed by atoms with Gasteiger partial charge in [-0.3, -0.25) is 14.5 Å². The largest absolute Gasteiger partial charge is 0.354 e. The fraction of sp³-hybridized carbons (Fsp3) is 0.700. The molecule has 1 saturated heterocycles. The third-order valence-electron chi connectivity index (χ3n) is 5.74. The maximum atomic E-state index is 12.6. The topological polar surface area (TPSA) is 61.4 Å². The highest BCUT2D eigenvalue weighted by atomic mass is 32.1. The van der Waals surface area contributed by atoms with Crippen LogP contribution in [-0.4, -0.2) is 42.4 Å². The smallest absolute Gasteiger partial charge is 0.242 e. The van der Waals surface area contributed by atoms with Crippen LogP contribution < -0.4 is 10.6 Å². The summed E-state index contributed by atoms with van der Waals surface area (Å²) < 4.78 is 0. The van der Waals surface area contributed by atoms with Gasteiger partial charge >= 0.3 is 0 Å². The van der Waals surface area contributed by atoms with Crippen molar-refractivity contribution < 1.29 is 9.59 Å². The number of rotatable bonds is 7. The predicted octanol–water partition coefficient (Wildman–Crippen LogP) is 2.77. The van der Waals surface area contributed by atoms with E-state index >= 15 is 0 Å². The van der Waals surface area contributed by atoms with Crippen molar-refractivity contribution in [2.45, 2.75) is 58.0 Å². The van der Waals surface area contributed by atoms with Gasteiger partial charge in [-0.05, 0) is 62.1 Å². The van der Waals surface area contributed by atoms with E-state index in [1.54, 1.807) is 0 Å². The summed E-state index contributed by atoms with van der Waals surface area (Å²) in [5.74, 6) is 0.735. The second kappa shape index (κ2) is 9.51. The minimum Gasteiger partial charge on any atom is -0.354 e. The number of hydrogen-bond acceptors (Lipinski definition) is 4. The molecule has 0 radical (unpaired) electrons. The molecule has 0 aromatic carbocycles. The van der Waals surface area contributed by atoms with Gasteiger partial charge in [-0.1, -0.05) is 18.9 Å². The minimum absolute atomic E-state index is 0.00751. The molecule has 3 rings (SSSR count). The van der Waals surface area contributed by atoms with Crippen LogP contribution in [0.2, 0.25) is 0 Å². The average Bonchev–Trinajstić information content (AvgIpc) is 3.32. The number of hydrogen-bond donors (Lipinski definition) is 2. The van der Waals surface area contributed by atoms with E-state index in [1.165, 1.54) is 11.8 Å². The SMILES string of the molecule is CC(=O)NC(C(=O)NCC1CCN(Cc2cccs2)CC1)C1CCCC1. The van der Waals surface area contributed by atoms with Crippen molar-refractivity contribution in [1.82, 2.24) is 15.5 Å². The number of carbonyl (C=O) groups is 2. The highest BCUT2D eigenvalue weighted by molar-refractivity contribution is 7.09. The molecular formula is C20H31N3O2S. The molecule has 0 spiro atoms. The van der Waals surface area contributed by atoms with Crippen molar-refractivity contribution in [3.05, 3.63) is 22.4 Å². The average molecular weight is 378 g/mol. The summed E-state index contributed by atoms with van der Waals surface area (Å²) in [7, 11) is 0. The van der Waals surface area contributed by atoms with Crippen molar-refractivity contribution in [2.24, 2.45) is 11.8 Å². The fourth-order valence-corrected chi connectivity index (χ4v) is 4.98. The maximum Gasteiger partial charge on any atom is 0.242 e. The molecule has 0 bridgehead atoms. The monoisotopic (exact) mass is 377 g/mol. The standard InChI is InChI=1S/C20H31N3O2S/c1-15(24)22-19(17-5-2-3-6-17)20(25)21-13-16-8-10-23(11-9-16)14-18-7-4-12-26-18/h4,7,12,16-17,19H,2-3,5-6,8-11,13-14H2,1H3,(H,21,25)(H,22,24). The summed E-state index contributed by atoms with van der Waals surface area (Å²) >= 11 is 1.82. The first-order valence-electron chi connectivity index (χ1n) is 9.91. The summed E-state index contributed by atoms with van der Waals surface area (Å²) in [6.07, 6.45) is 6.66. The van der Waals surface area contributed by atoms with E-state index in [2.05, 4.69) is 33.0 Å². The highest BCUT2D eigenvalue weighted by Crippen LogP contribution is 2.28. The van der Waals surface area contributed by atoms with Gasteiger partial charge in [0.15, 0.2) is 0 Å². The first-order valence-corrected chi connectivity index (χ1v) is 10.8. The Balaban J connectivity index is 1.41. The summed E-state index contributed by atoms with van der Waals surface area (Å²) in [4.78, 5) is 28.1. The zero-order valence-electron chi connectivity index (χ0n) is 15.7. The fourth-order valence-electron chi connectivity index (χ4n) is 4.23. The van der Waals surface area contributed by atoms with Crippen LogP contribution in [0.3, 0.4) is 0 Å². The second-order valence-corrected chi connectivity index (χ2v) is 8.80. The number of thiophene rings is 1. The molecule has 144 valence electrons. The van der Waals surface area contributed by atoms with Crippen molar-refractivity contribution in [2.75, 3.05) is 19.6 Å². The lowest BCUT2D eigenvalue weighted by molar-refractivity contribution is -0.129. The van der Waals surface area contributed by atoms with Crippen LogP contribution in [0, 0.1) is 11.8 Å². The van der Waals surface area contributed by atoms with Crippen molar-refractivity contribution in [3.8, 4) is 0 Å². The Bertz CT molecular complexity index is 576. The Morgan fingerprint density at radius 3 is 2.58 bits per heavy atom. The number of likely N-dealkylation sites (tertiary alicyclic amines) is 1. The first kappa shape index (κ1) is 19.4. The van der Waals surface area contributed by atoms with Crippen molar-refractivity contribution >= 4 is 23.2 Å². The number of nitrogens with one attached hydrogen (secondary N) is 2. The van der Waals surface area contributed by atoms with Gasteiger partial charge in [0.05, 0.1) is 0 Å². The van der Waals surface area contributed by atoms with Crippen LogP contribution in [0.4, 0.5) is 0 Å². The Morgan fingerprint density at radius 1 is 1.23 bits per heavy atom. The van der Waals surface area contributed by atoms with Gasteiger partial charge in [-0.15, -0.1) is 11.3 Å². The van der Waals surface area contributed by atoms with E-state index in [0.29, 0.717) is 11.8 Å². The molecular weight excluding hydrogens is 346 g/mol. The Kier molecular flexibility index (Phi) is 7.08. The molecule has 1 aliphatic carbocycles. The molecule has 1 aromatic heterocycles. The molecule has 5 nitrogen and oxygen atoms in total. The molecule has 2 N–H and O–H groups in total. The molecule has 2 fully saturated rings. The third kappa shape index (κ3) is 5.55. The predicted molar refractivity (Wildman–Crippen MR) is 105 cm³/mol. The summed E-state index contributed by atoms with van der Waals surface area (Å²) in [5.41, 5.74) is 0. The van der Waals surface area contributed by atoms with Crippen LogP contribution in [0.1, 0.15) is 50.3 Å². The van der Waals surface area contributed by atoms with Gasteiger partial charge in [0.1, 0.15) is 6.04 Å². The molecule has 2 aliphatic rings. The molecule has 2 amide bonds. The van der Waals surface area contributed by atoms with E-state index < -0.39 is 0 Å². The van der Waals surface area contributed by atoms with E-state index in [-0.39, 0.29) is 17.9 Å². The number of piperidine rings is 1. The summed E-state index contributed by atoms with van der Waals surface area (Å²) in [6.45, 7) is 5.46. The molecule has 1 atom stereocenters. The van der Waals surface area contributed by atoms with Gasteiger partial charge < -0.3 is 10.6 Å². The van der Waals surface area contributed by atoms with Crippen molar-refractivity contribution in [3.63, 3.8) is 0 Å². The molecule has 1 saturated carbocycles. The normalized spacial score (nSPS) is 20.8. The van der Waals surface area contributed by atoms with Crippen LogP contribution in [-0.2, 0) is 16.1 Å². The van der Waals surface area contributed by atoms with E-state index in [1.807, 2.05) is 11.3 Å². The zero-order chi connectivity index (χ0) is 18.4. The Hall–Kier alpha value is -1.40. The maximum absolute atomic E-state index is 12.6. The first-order chi connectivity index (χ1) is 12.6. The van der Waals surface area contributed by atoms with Gasteiger partial charge in [-0.25, -0.2) is 0 Å². The molecule has 6 heteroatoms. The van der Waals surface area contributed by atoms with Crippen LogP contribution in [0.15, 0.2) is 17.5 Å².